The molecule has 0 aliphatic heterocycles. The summed E-state index contributed by atoms with van der Waals surface area (Å²) in [5.74, 6) is 0.388. The second-order valence-corrected chi connectivity index (χ2v) is 5.38. The summed E-state index contributed by atoms with van der Waals surface area (Å²) in [6.45, 7) is 1.35. The van der Waals surface area contributed by atoms with Crippen molar-refractivity contribution in [1.82, 2.24) is 9.97 Å². The van der Waals surface area contributed by atoms with Gasteiger partial charge in [0.05, 0.1) is 16.9 Å². The summed E-state index contributed by atoms with van der Waals surface area (Å²) in [7, 11) is 3.65. The Hall–Kier alpha value is -2.81. The quantitative estimate of drug-likeness (QED) is 0.375. The number of nitrogens with one attached hydrogen (secondary N) is 2. The van der Waals surface area contributed by atoms with Gasteiger partial charge in [-0.1, -0.05) is 12.2 Å². The standard InChI is InChI=1S/C14H15N5O3S/c1-8(20)10-6-9(19(21)22)4-5-11(10)17-12-13(18(2)3)15-7-16-14(12)23/h4-7,17H,1-3H3,(H,15,16,23). The highest BCUT2D eigenvalue weighted by Crippen LogP contribution is 2.29. The number of aromatic nitrogens is 2. The van der Waals surface area contributed by atoms with Crippen LogP contribution in [0.2, 0.25) is 0 Å². The van der Waals surface area contributed by atoms with Crippen molar-refractivity contribution in [2.24, 2.45) is 0 Å². The first kappa shape index (κ1) is 16.6. The van der Waals surface area contributed by atoms with Crippen molar-refractivity contribution in [1.29, 1.82) is 0 Å². The van der Waals surface area contributed by atoms with Gasteiger partial charge in [0.1, 0.15) is 11.5 Å². The molecule has 120 valence electrons. The molecule has 0 atom stereocenters. The molecular formula is C14H15N5O3S. The van der Waals surface area contributed by atoms with Crippen LogP contribution >= 0.6 is 12.2 Å². The topological polar surface area (TPSA) is 104 Å². The molecule has 2 N–H and O–H groups in total. The van der Waals surface area contributed by atoms with Crippen molar-refractivity contribution in [2.75, 3.05) is 24.3 Å². The van der Waals surface area contributed by atoms with Crippen molar-refractivity contribution in [3.63, 3.8) is 0 Å². The van der Waals surface area contributed by atoms with Crippen LogP contribution in [0.5, 0.6) is 0 Å². The van der Waals surface area contributed by atoms with E-state index in [1.54, 1.807) is 4.90 Å². The molecule has 1 heterocycles. The van der Waals surface area contributed by atoms with Gasteiger partial charge < -0.3 is 15.2 Å². The number of rotatable bonds is 5. The van der Waals surface area contributed by atoms with Crippen molar-refractivity contribution in [2.45, 2.75) is 6.92 Å². The number of anilines is 3. The summed E-state index contributed by atoms with van der Waals surface area (Å²) in [6, 6.07) is 4.05. The van der Waals surface area contributed by atoms with Crippen LogP contribution < -0.4 is 10.2 Å². The largest absolute Gasteiger partial charge is 0.362 e. The number of Topliss-reactive ketones (excluding diaryl/α,β-unsaturated/α-hetero) is 1. The fourth-order valence-electron chi connectivity index (χ4n) is 2.04. The predicted octanol–water partition coefficient (Wildman–Crippen LogP) is 3.06. The normalized spacial score (nSPS) is 10.2. The van der Waals surface area contributed by atoms with Crippen LogP contribution in [0.25, 0.3) is 0 Å². The molecule has 2 rings (SSSR count). The molecular weight excluding hydrogens is 318 g/mol. The summed E-state index contributed by atoms with van der Waals surface area (Å²) in [6.07, 6.45) is 1.48. The average Bonchev–Trinajstić information content (AvgIpc) is 2.48. The van der Waals surface area contributed by atoms with E-state index in [0.717, 1.165) is 0 Å². The highest BCUT2D eigenvalue weighted by atomic mass is 32.1. The van der Waals surface area contributed by atoms with E-state index >= 15 is 0 Å². The number of ketones is 1. The van der Waals surface area contributed by atoms with Gasteiger partial charge in [-0.05, 0) is 13.0 Å². The summed E-state index contributed by atoms with van der Waals surface area (Å²) in [4.78, 5) is 30.9. The highest BCUT2D eigenvalue weighted by Gasteiger charge is 2.16. The zero-order valence-electron chi connectivity index (χ0n) is 12.8. The molecule has 1 aromatic carbocycles. The number of non-ortho nitro benzene ring substituents is 1. The number of nitrogens with zero attached hydrogens (tertiary/aromatic N) is 3. The second-order valence-electron chi connectivity index (χ2n) is 4.99. The molecule has 0 bridgehead atoms. The third-order valence-electron chi connectivity index (χ3n) is 3.13. The van der Waals surface area contributed by atoms with E-state index in [0.29, 0.717) is 21.8 Å². The van der Waals surface area contributed by atoms with Gasteiger partial charge in [-0.2, -0.15) is 0 Å². The molecule has 0 saturated carbocycles. The van der Waals surface area contributed by atoms with E-state index in [1.807, 2.05) is 14.1 Å². The molecule has 0 fully saturated rings. The molecule has 0 aliphatic rings. The van der Waals surface area contributed by atoms with Gasteiger partial charge in [-0.15, -0.1) is 0 Å². The number of carbonyl (C=O) groups is 1. The lowest BCUT2D eigenvalue weighted by Gasteiger charge is -2.18. The maximum absolute atomic E-state index is 11.8. The minimum Gasteiger partial charge on any atom is -0.362 e. The Bertz CT molecular complexity index is 831. The minimum atomic E-state index is -0.544. The van der Waals surface area contributed by atoms with Crippen LogP contribution in [0, 0.1) is 14.8 Å². The summed E-state index contributed by atoms with van der Waals surface area (Å²) < 4.78 is 0.320. The number of hydrogen-bond donors (Lipinski definition) is 2. The SMILES string of the molecule is CC(=O)c1cc([N+](=O)[O-])ccc1Nc1c(N(C)C)[nH]cnc1=S. The number of benzene rings is 1. The molecule has 8 nitrogen and oxygen atoms in total. The minimum absolute atomic E-state index is 0.148. The molecule has 0 amide bonds. The molecule has 0 radical (unpaired) electrons. The second kappa shape index (κ2) is 6.53. The van der Waals surface area contributed by atoms with Crippen molar-refractivity contribution >= 4 is 40.9 Å². The molecule has 0 unspecified atom stereocenters. The third kappa shape index (κ3) is 3.51. The van der Waals surface area contributed by atoms with E-state index in [2.05, 4.69) is 15.3 Å². The van der Waals surface area contributed by atoms with Gasteiger partial charge in [0, 0.05) is 31.8 Å². The highest BCUT2D eigenvalue weighted by molar-refractivity contribution is 7.71. The molecule has 0 aliphatic carbocycles. The molecule has 1 aromatic heterocycles. The van der Waals surface area contributed by atoms with Crippen LogP contribution in [0.4, 0.5) is 22.9 Å². The summed E-state index contributed by atoms with van der Waals surface area (Å²) in [5, 5.41) is 13.9. The van der Waals surface area contributed by atoms with Crippen molar-refractivity contribution in [3.05, 3.63) is 44.8 Å². The van der Waals surface area contributed by atoms with Crippen LogP contribution in [0.3, 0.4) is 0 Å². The van der Waals surface area contributed by atoms with Crippen molar-refractivity contribution in [3.8, 4) is 0 Å². The average molecular weight is 333 g/mol. The molecule has 9 heteroatoms. The Balaban J connectivity index is 2.55. The molecule has 0 saturated heterocycles. The number of carbonyl (C=O) groups excluding carboxylic acids is 1. The first-order valence-electron chi connectivity index (χ1n) is 6.62. The van der Waals surface area contributed by atoms with Gasteiger partial charge >= 0.3 is 0 Å². The number of nitro benzene ring substituents is 1. The number of hydrogen-bond acceptors (Lipinski definition) is 7. The number of H-pyrrole nitrogens is 1. The van der Waals surface area contributed by atoms with Gasteiger partial charge in [0.15, 0.2) is 10.4 Å². The van der Waals surface area contributed by atoms with Gasteiger partial charge in [-0.3, -0.25) is 14.9 Å². The van der Waals surface area contributed by atoms with Gasteiger partial charge in [0.2, 0.25) is 0 Å². The fourth-order valence-corrected chi connectivity index (χ4v) is 2.24. The maximum atomic E-state index is 11.8. The van der Waals surface area contributed by atoms with Crippen LogP contribution in [0.1, 0.15) is 17.3 Å². The van der Waals surface area contributed by atoms with E-state index < -0.39 is 4.92 Å². The summed E-state index contributed by atoms with van der Waals surface area (Å²) in [5.41, 5.74) is 1.01. The number of aromatic amines is 1. The Morgan fingerprint density at radius 1 is 1.43 bits per heavy atom. The van der Waals surface area contributed by atoms with E-state index in [9.17, 15) is 14.9 Å². The lowest BCUT2D eigenvalue weighted by molar-refractivity contribution is -0.384. The van der Waals surface area contributed by atoms with E-state index in [4.69, 9.17) is 12.2 Å². The first-order valence-corrected chi connectivity index (χ1v) is 7.03. The summed E-state index contributed by atoms with van der Waals surface area (Å²) >= 11 is 5.22. The third-order valence-corrected chi connectivity index (χ3v) is 3.44. The maximum Gasteiger partial charge on any atom is 0.270 e. The first-order chi connectivity index (χ1) is 10.8. The lowest BCUT2D eigenvalue weighted by Crippen LogP contribution is -2.14. The predicted molar refractivity (Wildman–Crippen MR) is 90.1 cm³/mol. The Kier molecular flexibility index (Phi) is 4.70. The zero-order chi connectivity index (χ0) is 17.1. The van der Waals surface area contributed by atoms with E-state index in [-0.39, 0.29) is 17.0 Å². The van der Waals surface area contributed by atoms with Crippen LogP contribution in [-0.2, 0) is 0 Å². The fraction of sp³-hybridized carbons (Fsp3) is 0.214. The number of nitro groups is 1. The lowest BCUT2D eigenvalue weighted by atomic mass is 10.1. The van der Waals surface area contributed by atoms with Gasteiger partial charge in [0.25, 0.3) is 5.69 Å². The van der Waals surface area contributed by atoms with Crippen LogP contribution in [0.15, 0.2) is 24.5 Å². The van der Waals surface area contributed by atoms with Gasteiger partial charge in [-0.25, -0.2) is 4.98 Å². The Morgan fingerprint density at radius 3 is 2.70 bits per heavy atom. The monoisotopic (exact) mass is 333 g/mol. The van der Waals surface area contributed by atoms with Crippen LogP contribution in [-0.4, -0.2) is 34.8 Å². The zero-order valence-corrected chi connectivity index (χ0v) is 13.6. The van der Waals surface area contributed by atoms with E-state index in [1.165, 1.54) is 31.5 Å². The van der Waals surface area contributed by atoms with Crippen molar-refractivity contribution < 1.29 is 9.72 Å². The Morgan fingerprint density at radius 2 is 2.13 bits per heavy atom. The Labute approximate surface area is 137 Å². The molecule has 23 heavy (non-hydrogen) atoms. The molecule has 2 aromatic rings. The molecule has 0 spiro atoms. The smallest absolute Gasteiger partial charge is 0.270 e.